The summed E-state index contributed by atoms with van der Waals surface area (Å²) in [5, 5.41) is 24.6. The number of hydrogen-bond acceptors (Lipinski definition) is 4. The van der Waals surface area contributed by atoms with E-state index in [2.05, 4.69) is 48.4 Å². The predicted molar refractivity (Wildman–Crippen MR) is 137 cm³/mol. The van der Waals surface area contributed by atoms with Crippen molar-refractivity contribution >= 4 is 0 Å². The van der Waals surface area contributed by atoms with Crippen LogP contribution in [-0.2, 0) is 6.54 Å². The molecule has 2 aliphatic carbocycles. The van der Waals surface area contributed by atoms with Gasteiger partial charge in [-0.2, -0.15) is 0 Å². The lowest BCUT2D eigenvalue weighted by molar-refractivity contribution is 0.139. The van der Waals surface area contributed by atoms with Gasteiger partial charge in [0.1, 0.15) is 0 Å². The molecule has 1 fully saturated rings. The second kappa shape index (κ2) is 14.0. The molecule has 0 aromatic carbocycles. The van der Waals surface area contributed by atoms with Crippen molar-refractivity contribution in [2.45, 2.75) is 96.8 Å². The summed E-state index contributed by atoms with van der Waals surface area (Å²) in [5.74, 6) is 1.79. The molecule has 0 aliphatic heterocycles. The molecule has 0 amide bonds. The van der Waals surface area contributed by atoms with Crippen molar-refractivity contribution in [1.82, 2.24) is 10.3 Å². The Balaban J connectivity index is 1.32. The molecule has 4 heteroatoms. The fourth-order valence-corrected chi connectivity index (χ4v) is 5.72. The van der Waals surface area contributed by atoms with Crippen LogP contribution in [0, 0.1) is 23.7 Å². The third kappa shape index (κ3) is 8.66. The molecule has 4 nitrogen and oxygen atoms in total. The molecule has 33 heavy (non-hydrogen) atoms. The molecule has 184 valence electrons. The van der Waals surface area contributed by atoms with Crippen molar-refractivity contribution in [3.63, 3.8) is 0 Å². The molecule has 0 radical (unpaired) electrons. The number of rotatable bonds is 15. The third-order valence-electron chi connectivity index (χ3n) is 7.63. The Labute approximate surface area is 201 Å². The number of nitrogens with zero attached hydrogens (tertiary/aromatic N) is 1. The van der Waals surface area contributed by atoms with Gasteiger partial charge in [-0.05, 0) is 80.5 Å². The van der Waals surface area contributed by atoms with Gasteiger partial charge in [0.25, 0.3) is 0 Å². The summed E-state index contributed by atoms with van der Waals surface area (Å²) >= 11 is 0. The highest BCUT2D eigenvalue weighted by Gasteiger charge is 2.43. The van der Waals surface area contributed by atoms with Crippen LogP contribution in [0.4, 0.5) is 0 Å². The zero-order chi connectivity index (χ0) is 23.5. The number of aliphatic hydroxyl groups excluding tert-OH is 2. The number of nitrogens with one attached hydrogen (secondary N) is 1. The molecule has 1 aromatic rings. The molecule has 6 atom stereocenters. The minimum Gasteiger partial charge on any atom is -0.392 e. The van der Waals surface area contributed by atoms with E-state index >= 15 is 0 Å². The number of pyridine rings is 1. The van der Waals surface area contributed by atoms with Crippen LogP contribution in [0.15, 0.2) is 48.3 Å². The molecule has 1 saturated carbocycles. The fourth-order valence-electron chi connectivity index (χ4n) is 5.72. The summed E-state index contributed by atoms with van der Waals surface area (Å²) in [4.78, 5) is 4.06. The second-order valence-corrected chi connectivity index (χ2v) is 10.5. The van der Waals surface area contributed by atoms with Crippen LogP contribution in [0.1, 0.15) is 83.6 Å². The normalized spacial score (nSPS) is 26.5. The molecule has 0 saturated heterocycles. The highest BCUT2D eigenvalue weighted by Crippen LogP contribution is 2.48. The highest BCUT2D eigenvalue weighted by molar-refractivity contribution is 5.21. The lowest BCUT2D eigenvalue weighted by Gasteiger charge is -2.19. The van der Waals surface area contributed by atoms with Gasteiger partial charge >= 0.3 is 0 Å². The Hall–Kier alpha value is -1.49. The summed E-state index contributed by atoms with van der Waals surface area (Å²) in [6, 6.07) is 4.12. The van der Waals surface area contributed by atoms with Gasteiger partial charge in [-0.25, -0.2) is 0 Å². The Bertz CT molecular complexity index is 732. The number of aromatic nitrogens is 1. The van der Waals surface area contributed by atoms with Gasteiger partial charge in [0.15, 0.2) is 0 Å². The maximum absolute atomic E-state index is 10.6. The molecule has 3 N–H and O–H groups in total. The van der Waals surface area contributed by atoms with Crippen LogP contribution in [0.2, 0.25) is 0 Å². The maximum Gasteiger partial charge on any atom is 0.0723 e. The van der Waals surface area contributed by atoms with E-state index in [1.165, 1.54) is 50.5 Å². The van der Waals surface area contributed by atoms with Gasteiger partial charge in [-0.3, -0.25) is 4.98 Å². The lowest BCUT2D eigenvalue weighted by atomic mass is 9.88. The number of hydrogen-bond donors (Lipinski definition) is 3. The monoisotopic (exact) mass is 454 g/mol. The average Bonchev–Trinajstić information content (AvgIpc) is 3.32. The van der Waals surface area contributed by atoms with E-state index < -0.39 is 0 Å². The molecule has 3 rings (SSSR count). The fraction of sp³-hybridized carbons (Fsp3) is 0.690. The first-order chi connectivity index (χ1) is 16.1. The molecule has 1 aromatic heterocycles. The third-order valence-corrected chi connectivity index (χ3v) is 7.63. The summed E-state index contributed by atoms with van der Waals surface area (Å²) in [6.45, 7) is 6.43. The van der Waals surface area contributed by atoms with E-state index in [4.69, 9.17) is 0 Å². The number of allylic oxidation sites excluding steroid dienone is 2. The Morgan fingerprint density at radius 1 is 1.18 bits per heavy atom. The number of aliphatic hydroxyl groups is 2. The smallest absolute Gasteiger partial charge is 0.0723 e. The first-order valence-corrected chi connectivity index (χ1v) is 13.4. The highest BCUT2D eigenvalue weighted by atomic mass is 16.3. The summed E-state index contributed by atoms with van der Waals surface area (Å²) in [5.41, 5.74) is 2.88. The van der Waals surface area contributed by atoms with Gasteiger partial charge in [-0.1, -0.05) is 63.3 Å². The zero-order valence-corrected chi connectivity index (χ0v) is 20.8. The molecule has 0 unspecified atom stereocenters. The van der Waals surface area contributed by atoms with Crippen molar-refractivity contribution < 1.29 is 10.2 Å². The molecular weight excluding hydrogens is 408 g/mol. The van der Waals surface area contributed by atoms with Gasteiger partial charge in [0, 0.05) is 24.9 Å². The van der Waals surface area contributed by atoms with Crippen LogP contribution >= 0.6 is 0 Å². The Morgan fingerprint density at radius 2 is 2.00 bits per heavy atom. The van der Waals surface area contributed by atoms with Crippen molar-refractivity contribution in [2.75, 3.05) is 6.54 Å². The van der Waals surface area contributed by atoms with E-state index in [1.807, 2.05) is 18.5 Å². The van der Waals surface area contributed by atoms with E-state index in [9.17, 15) is 10.2 Å². The standard InChI is InChI=1S/C29H46N2O2/c1-3-4-8-22(2)17-26(32)10-11-27-28-19-24(18-25(28)20-29(27)33)9-6-5-7-14-31-21-23-12-15-30-16-13-23/h10-13,15-16,18,22,25-29,31-33H,3-9,14,17,19-21H2,1-2H3/b11-10+/t22-,25+,26-,27-,28+,29-/m1/s1. The Kier molecular flexibility index (Phi) is 11.1. The largest absolute Gasteiger partial charge is 0.392 e. The van der Waals surface area contributed by atoms with E-state index in [0.29, 0.717) is 17.8 Å². The summed E-state index contributed by atoms with van der Waals surface area (Å²) < 4.78 is 0. The number of fused-ring (bicyclic) bond motifs is 1. The zero-order valence-electron chi connectivity index (χ0n) is 20.8. The van der Waals surface area contributed by atoms with Gasteiger partial charge < -0.3 is 15.5 Å². The van der Waals surface area contributed by atoms with Crippen molar-refractivity contribution in [1.29, 1.82) is 0 Å². The Morgan fingerprint density at radius 3 is 2.79 bits per heavy atom. The lowest BCUT2D eigenvalue weighted by Crippen LogP contribution is -2.18. The van der Waals surface area contributed by atoms with E-state index in [-0.39, 0.29) is 18.1 Å². The first kappa shape index (κ1) is 26.1. The minimum atomic E-state index is -0.385. The second-order valence-electron chi connectivity index (χ2n) is 10.5. The summed E-state index contributed by atoms with van der Waals surface area (Å²) in [6.07, 6.45) is 21.0. The van der Waals surface area contributed by atoms with Gasteiger partial charge in [0.2, 0.25) is 0 Å². The van der Waals surface area contributed by atoms with Crippen LogP contribution in [0.25, 0.3) is 0 Å². The van der Waals surface area contributed by atoms with Crippen LogP contribution in [-0.4, -0.2) is 33.9 Å². The molecular formula is C29H46N2O2. The quantitative estimate of drug-likeness (QED) is 0.231. The van der Waals surface area contributed by atoms with Crippen molar-refractivity contribution in [2.24, 2.45) is 23.7 Å². The van der Waals surface area contributed by atoms with E-state index in [1.54, 1.807) is 5.57 Å². The summed E-state index contributed by atoms with van der Waals surface area (Å²) in [7, 11) is 0. The minimum absolute atomic E-state index is 0.196. The van der Waals surface area contributed by atoms with Gasteiger partial charge in [-0.15, -0.1) is 0 Å². The van der Waals surface area contributed by atoms with Crippen molar-refractivity contribution in [3.05, 3.63) is 53.9 Å². The molecule has 1 heterocycles. The van der Waals surface area contributed by atoms with Crippen molar-refractivity contribution in [3.8, 4) is 0 Å². The SMILES string of the molecule is CCCC[C@@H](C)C[C@H](O)/C=C/[C@@H]1[C@H]2CC(CCCCCNCc3ccncc3)=C[C@H]2C[C@H]1O. The molecule has 0 spiro atoms. The van der Waals surface area contributed by atoms with Crippen LogP contribution in [0.5, 0.6) is 0 Å². The number of unbranched alkanes of at least 4 members (excludes halogenated alkanes) is 3. The molecule has 2 aliphatic rings. The van der Waals surface area contributed by atoms with Gasteiger partial charge in [0.05, 0.1) is 12.2 Å². The van der Waals surface area contributed by atoms with Crippen LogP contribution in [0.3, 0.4) is 0 Å². The van der Waals surface area contributed by atoms with Crippen LogP contribution < -0.4 is 5.32 Å². The predicted octanol–water partition coefficient (Wildman–Crippen LogP) is 5.81. The molecule has 0 bridgehead atoms. The topological polar surface area (TPSA) is 65.4 Å². The van der Waals surface area contributed by atoms with E-state index in [0.717, 1.165) is 32.4 Å². The average molecular weight is 455 g/mol. The maximum atomic E-state index is 10.6. The first-order valence-electron chi connectivity index (χ1n) is 13.4.